The molecule has 0 bridgehead atoms. The van der Waals surface area contributed by atoms with Crippen LogP contribution in [-0.4, -0.2) is 181 Å². The van der Waals surface area contributed by atoms with E-state index in [1.165, 1.54) is 25.3 Å². The van der Waals surface area contributed by atoms with Crippen molar-refractivity contribution in [2.45, 2.75) is 251 Å². The van der Waals surface area contributed by atoms with Gasteiger partial charge in [0.2, 0.25) is 12.0 Å². The minimum Gasteiger partial charge on any atom is -0.461 e. The molecule has 0 unspecified atom stereocenters. The number of amides is 5. The Balaban J connectivity index is 0.000000214. The van der Waals surface area contributed by atoms with E-state index in [0.29, 0.717) is 87.7 Å². The van der Waals surface area contributed by atoms with Crippen molar-refractivity contribution in [1.82, 2.24) is 41.8 Å². The van der Waals surface area contributed by atoms with E-state index < -0.39 is 40.9 Å². The van der Waals surface area contributed by atoms with Crippen LogP contribution in [0.4, 0.5) is 15.3 Å². The first kappa shape index (κ1) is 106. The summed E-state index contributed by atoms with van der Waals surface area (Å²) >= 11 is 0. The molecule has 8 N–H and O–H groups in total. The summed E-state index contributed by atoms with van der Waals surface area (Å²) in [5, 5.41) is 29.7. The molecule has 0 spiro atoms. The molecular formula is C106H143N11O14Si2. The zero-order valence-electron chi connectivity index (χ0n) is 80.6. The Bertz CT molecular complexity index is 5000. The molecule has 5 heterocycles. The lowest BCUT2D eigenvalue weighted by molar-refractivity contribution is -0.195. The highest BCUT2D eigenvalue weighted by molar-refractivity contribution is 6.76. The lowest BCUT2D eigenvalue weighted by Crippen LogP contribution is -2.48. The molecular weight excluding hydrogens is 1710 g/mol. The first-order valence-electron chi connectivity index (χ1n) is 47.4. The van der Waals surface area contributed by atoms with Crippen LogP contribution >= 0.6 is 0 Å². The third kappa shape index (κ3) is 31.5. The molecule has 7 aromatic carbocycles. The van der Waals surface area contributed by atoms with Crippen LogP contribution in [0.25, 0.3) is 0 Å². The zero-order valence-corrected chi connectivity index (χ0v) is 82.6. The van der Waals surface area contributed by atoms with Crippen LogP contribution in [-0.2, 0) is 91.3 Å². The Morgan fingerprint density at radius 1 is 0.504 bits per heavy atom. The van der Waals surface area contributed by atoms with E-state index in [2.05, 4.69) is 167 Å². The fourth-order valence-corrected chi connectivity index (χ4v) is 27.7. The second-order valence-electron chi connectivity index (χ2n) is 36.3. The number of fused-ring (bicyclic) bond motifs is 2. The van der Waals surface area contributed by atoms with Crippen molar-refractivity contribution in [1.29, 1.82) is 0 Å². The summed E-state index contributed by atoms with van der Waals surface area (Å²) in [5.41, 5.74) is 17.2. The number of rotatable bonds is 38. The van der Waals surface area contributed by atoms with Crippen molar-refractivity contribution in [3.8, 4) is 35.5 Å². The molecule has 0 aliphatic carbocycles. The SMILES string of the molecule is CC(C)[C@H]1[C@@H](CO)ON(Cc2cccc(C#CCNC(=O)NCc3ccccc3)c2)[C@H]1C(=O)NCCCN(C)c1ccccc1.CCCC[Si](OC[C@H]1ON(Cc2cccc(C#CCN)c2)[C@H]2C(=O)O[C@H](C)[C@@H]12)(C(C)C)C(C)C.CCCC[Si](OC[C@H]1ON(Cc2cccc(C#CCNC(=O)NCc3ccccc3)c2)[C@H]2C(=O)O[C@H](C)[C@@H]12)(C(C)C)C(C)C.O=C=NCc1ccccc1. The lowest BCUT2D eigenvalue weighted by atomic mass is 9.84. The van der Waals surface area contributed by atoms with E-state index in [4.69, 9.17) is 38.6 Å². The van der Waals surface area contributed by atoms with Crippen molar-refractivity contribution in [3.63, 3.8) is 0 Å². The number of nitrogens with two attached hydrogens (primary N) is 1. The number of unbranched alkanes of at least 4 members (excludes halogenated alkanes) is 2. The summed E-state index contributed by atoms with van der Waals surface area (Å²) in [4.78, 5) is 97.9. The number of anilines is 1. The van der Waals surface area contributed by atoms with Gasteiger partial charge in [0, 0.05) is 61.5 Å². The summed E-state index contributed by atoms with van der Waals surface area (Å²) in [7, 11) is -1.98. The van der Waals surface area contributed by atoms with Gasteiger partial charge in [0.1, 0.15) is 48.6 Å². The first-order valence-corrected chi connectivity index (χ1v) is 52.0. The van der Waals surface area contributed by atoms with Crippen LogP contribution in [0.2, 0.25) is 34.3 Å². The quantitative estimate of drug-likeness (QED) is 0.00472. The summed E-state index contributed by atoms with van der Waals surface area (Å²) < 4.78 is 25.2. The van der Waals surface area contributed by atoms with Crippen LogP contribution in [0.1, 0.15) is 179 Å². The van der Waals surface area contributed by atoms with E-state index >= 15 is 0 Å². The predicted molar refractivity (Wildman–Crippen MR) is 527 cm³/mol. The molecule has 5 aliphatic heterocycles. The molecule has 5 amide bonds. The molecule has 12 rings (SSSR count). The van der Waals surface area contributed by atoms with Crippen molar-refractivity contribution in [3.05, 3.63) is 244 Å². The predicted octanol–water partition coefficient (Wildman–Crippen LogP) is 16.2. The number of urea groups is 2. The third-order valence-corrected chi connectivity index (χ3v) is 37.0. The number of nitrogens with one attached hydrogen (secondary N) is 5. The van der Waals surface area contributed by atoms with Gasteiger partial charge >= 0.3 is 24.0 Å². The number of para-hydroxylation sites is 1. The number of hydrogen-bond donors (Lipinski definition) is 7. The van der Waals surface area contributed by atoms with E-state index in [1.54, 1.807) is 15.2 Å². The molecule has 25 nitrogen and oxygen atoms in total. The summed E-state index contributed by atoms with van der Waals surface area (Å²) in [6.07, 6.45) is 5.64. The highest BCUT2D eigenvalue weighted by atomic mass is 28.4. The second kappa shape index (κ2) is 54.7. The maximum atomic E-state index is 13.6. The number of ether oxygens (including phenoxy) is 2. The number of carbonyl (C=O) groups excluding carboxylic acids is 6. The van der Waals surface area contributed by atoms with Crippen molar-refractivity contribution < 1.29 is 66.7 Å². The summed E-state index contributed by atoms with van der Waals surface area (Å²) in [5.74, 6) is 17.5. The van der Waals surface area contributed by atoms with Crippen molar-refractivity contribution >= 4 is 58.3 Å². The van der Waals surface area contributed by atoms with Crippen LogP contribution in [0.5, 0.6) is 0 Å². The number of aliphatic imine (C=N–C) groups is 1. The average molecular weight is 1850 g/mol. The number of isocyanates is 1. The molecule has 7 aromatic rings. The normalized spacial score (nSPS) is 20.2. The molecule has 5 saturated heterocycles. The van der Waals surface area contributed by atoms with Gasteiger partial charge in [-0.2, -0.15) is 15.2 Å². The minimum atomic E-state index is -2.04. The number of aliphatic hydroxyl groups is 1. The molecule has 5 fully saturated rings. The number of aliphatic hydroxyl groups excluding tert-OH is 1. The second-order valence-corrected chi connectivity index (χ2v) is 46.4. The van der Waals surface area contributed by atoms with Gasteiger partial charge in [-0.15, -0.1) is 0 Å². The fourth-order valence-electron chi connectivity index (χ4n) is 18.4. The van der Waals surface area contributed by atoms with E-state index in [1.807, 2.05) is 203 Å². The van der Waals surface area contributed by atoms with Gasteiger partial charge < -0.3 is 60.6 Å². The third-order valence-electron chi connectivity index (χ3n) is 25.5. The molecule has 27 heteroatoms. The van der Waals surface area contributed by atoms with Crippen molar-refractivity contribution in [2.24, 2.45) is 34.4 Å². The first-order chi connectivity index (χ1) is 64.2. The summed E-state index contributed by atoms with van der Waals surface area (Å²) in [6, 6.07) is 63.1. The van der Waals surface area contributed by atoms with Crippen molar-refractivity contribution in [2.75, 3.05) is 64.5 Å². The molecule has 133 heavy (non-hydrogen) atoms. The highest BCUT2D eigenvalue weighted by Gasteiger charge is 2.59. The number of esters is 2. The summed E-state index contributed by atoms with van der Waals surface area (Å²) in [6.45, 7) is 36.5. The minimum absolute atomic E-state index is 0.0371. The van der Waals surface area contributed by atoms with Gasteiger partial charge in [0.05, 0.1) is 77.5 Å². The van der Waals surface area contributed by atoms with E-state index in [-0.39, 0.29) is 97.7 Å². The fraction of sp³-hybridized carbons (Fsp3) is 0.491. The number of benzene rings is 7. The molecule has 714 valence electrons. The average Bonchev–Trinajstić information content (AvgIpc) is 1.63. The van der Waals surface area contributed by atoms with Crippen LogP contribution in [0.3, 0.4) is 0 Å². The molecule has 0 radical (unpaired) electrons. The highest BCUT2D eigenvalue weighted by Crippen LogP contribution is 2.45. The van der Waals surface area contributed by atoms with Gasteiger partial charge in [0.15, 0.2) is 16.6 Å². The monoisotopic (exact) mass is 1850 g/mol. The van der Waals surface area contributed by atoms with Gasteiger partial charge in [-0.25, -0.2) is 19.4 Å². The lowest BCUT2D eigenvalue weighted by Gasteiger charge is -2.40. The van der Waals surface area contributed by atoms with Gasteiger partial charge in [-0.05, 0) is 142 Å². The standard InChI is InChI=1S/C36H45N5O4.C35H49N3O5Si.C27H42N2O4Si.C8H7NO/c1-27(2)33-32(26-42)45-41(34(33)35(43)37-21-12-22-40(3)31-18-8-5-9-19-31)25-30-16-10-15-28(23-30)17-11-20-38-36(44)39-24-29-13-6-4-7-14-29;1-7-8-20-44(25(2)3,26(4)5)41-24-31-32-27(6)42-34(39)33(32)38(43-31)23-30-17-12-16-28(21-30)18-13-19-36-35(40)37-22-29-14-10-9-11-15-29;1-7-8-15-34(19(2)3,20(4)5)31-18-24-25-21(6)32-27(30)26(25)29(33-24)17-23-12-9-11-22(16-23)13-10-14-28;10-7-9-6-8-4-2-1-3-5-8/h4-10,13-16,18-19,23,27,32-34,42H,12,20-22,24-26H2,1-3H3,(H,37,43)(H2,38,39,44);9-12,14-17,21,25-27,31-33H,7-8,19-20,22-24H2,1-6H3,(H2,36,37,40);9,11-12,16,19-21,24-26H,7-8,14-15,17-18,28H2,1-6H3;1-5H,6H2/t32-,33+,34-;27-,31-,32+,33-;21-,24-,25+,26-;/m111./s1. The Kier molecular flexibility index (Phi) is 43.6. The van der Waals surface area contributed by atoms with Gasteiger partial charge in [-0.1, -0.05) is 290 Å². The largest absolute Gasteiger partial charge is 0.461 e. The number of cyclic esters (lactones) is 2. The molecule has 5 aliphatic rings. The van der Waals surface area contributed by atoms with Crippen LogP contribution in [0.15, 0.2) is 199 Å². The Morgan fingerprint density at radius 3 is 1.29 bits per heavy atom. The Labute approximate surface area is 792 Å². The van der Waals surface area contributed by atoms with Gasteiger partial charge in [-0.3, -0.25) is 28.9 Å². The number of carbonyl (C=O) groups is 5. The Morgan fingerprint density at radius 2 is 0.895 bits per heavy atom. The van der Waals surface area contributed by atoms with Crippen LogP contribution < -0.4 is 37.2 Å². The number of hydroxylamine groups is 6. The molecule has 0 aromatic heterocycles. The van der Waals surface area contributed by atoms with Crippen LogP contribution in [0, 0.1) is 59.2 Å². The maximum Gasteiger partial charge on any atom is 0.326 e. The van der Waals surface area contributed by atoms with E-state index in [9.17, 15) is 33.9 Å². The molecule has 11 atom stereocenters. The Hall–Kier alpha value is -10.6. The maximum absolute atomic E-state index is 13.6. The molecule has 0 saturated carbocycles. The van der Waals surface area contributed by atoms with E-state index in [0.717, 1.165) is 87.2 Å². The number of nitrogens with zero attached hydrogens (tertiary/aromatic N) is 5. The number of hydrogen-bond acceptors (Lipinski definition) is 20. The topological polar surface area (TPSA) is 299 Å². The smallest absolute Gasteiger partial charge is 0.326 e. The van der Waals surface area contributed by atoms with Gasteiger partial charge in [0.25, 0.3) is 0 Å². The zero-order chi connectivity index (χ0) is 95.8.